The quantitative estimate of drug-likeness (QED) is 0.365. The largest absolute Gasteiger partial charge is 0.425 e. The lowest BCUT2D eigenvalue weighted by atomic mass is 9.89. The number of benzene rings is 1. The number of rotatable bonds is 6. The molecule has 1 rings (SSSR count). The van der Waals surface area contributed by atoms with Gasteiger partial charge in [-0.1, -0.05) is 20.8 Å². The molecular weight excluding hydrogens is 376 g/mol. The number of halogens is 6. The predicted molar refractivity (Wildman–Crippen MR) is 88.2 cm³/mol. The van der Waals surface area contributed by atoms with Crippen LogP contribution in [0.25, 0.3) is 0 Å². The van der Waals surface area contributed by atoms with Crippen molar-refractivity contribution in [2.75, 3.05) is 13.6 Å². The van der Waals surface area contributed by atoms with Gasteiger partial charge in [-0.2, -0.15) is 26.3 Å². The van der Waals surface area contributed by atoms with Gasteiger partial charge in [0.05, 0.1) is 11.1 Å². The van der Waals surface area contributed by atoms with Crippen LogP contribution in [0, 0.1) is 5.92 Å². The van der Waals surface area contributed by atoms with Gasteiger partial charge in [0.1, 0.15) is 11.3 Å². The van der Waals surface area contributed by atoms with Gasteiger partial charge in [-0.05, 0) is 51.1 Å². The average Bonchev–Trinajstić information content (AvgIpc) is 2.51. The molecule has 9 heteroatoms. The minimum absolute atomic E-state index is 0.0111. The van der Waals surface area contributed by atoms with Gasteiger partial charge in [0, 0.05) is 0 Å². The standard InChI is InChI=1S/C18H23F6NO2/c1-6-25(5)16(4,10-11(2)3)15(26)27-14-8-12(17(19,20)21)7-13(9-14)18(22,23)24/h7-9,11H,6,10H2,1-5H3. The minimum Gasteiger partial charge on any atom is -0.425 e. The molecule has 0 aliphatic rings. The number of hydrogen-bond acceptors (Lipinski definition) is 3. The molecule has 1 aromatic carbocycles. The number of nitrogens with zero attached hydrogens (tertiary/aromatic N) is 1. The van der Waals surface area contributed by atoms with Crippen molar-refractivity contribution >= 4 is 5.97 Å². The molecule has 1 unspecified atom stereocenters. The van der Waals surface area contributed by atoms with Crippen LogP contribution in [-0.4, -0.2) is 30.0 Å². The fourth-order valence-electron chi connectivity index (χ4n) is 2.74. The Balaban J connectivity index is 3.34. The highest BCUT2D eigenvalue weighted by Crippen LogP contribution is 2.38. The van der Waals surface area contributed by atoms with Gasteiger partial charge in [-0.25, -0.2) is 4.79 Å². The van der Waals surface area contributed by atoms with Crippen molar-refractivity contribution in [3.05, 3.63) is 29.3 Å². The molecule has 0 aromatic heterocycles. The molecule has 0 fully saturated rings. The van der Waals surface area contributed by atoms with E-state index in [0.717, 1.165) is 0 Å². The molecule has 0 radical (unpaired) electrons. The van der Waals surface area contributed by atoms with Gasteiger partial charge in [0.2, 0.25) is 0 Å². The van der Waals surface area contributed by atoms with Crippen LogP contribution in [0.4, 0.5) is 26.3 Å². The molecule has 0 amide bonds. The summed E-state index contributed by atoms with van der Waals surface area (Å²) in [5.74, 6) is -1.65. The van der Waals surface area contributed by atoms with Crippen molar-refractivity contribution in [1.29, 1.82) is 0 Å². The Morgan fingerprint density at radius 2 is 1.48 bits per heavy atom. The van der Waals surface area contributed by atoms with Crippen LogP contribution in [-0.2, 0) is 17.1 Å². The zero-order chi connectivity index (χ0) is 21.2. The second-order valence-electron chi connectivity index (χ2n) is 7.02. The Morgan fingerprint density at radius 1 is 1.04 bits per heavy atom. The highest BCUT2D eigenvalue weighted by Gasteiger charge is 2.41. The highest BCUT2D eigenvalue weighted by molar-refractivity contribution is 5.82. The molecule has 1 aromatic rings. The van der Waals surface area contributed by atoms with E-state index in [0.29, 0.717) is 25.1 Å². The molecule has 27 heavy (non-hydrogen) atoms. The number of hydrogen-bond donors (Lipinski definition) is 0. The third kappa shape index (κ3) is 5.85. The molecule has 0 N–H and O–H groups in total. The van der Waals surface area contributed by atoms with E-state index in [1.165, 1.54) is 0 Å². The Labute approximate surface area is 154 Å². The van der Waals surface area contributed by atoms with E-state index >= 15 is 0 Å². The number of alkyl halides is 6. The van der Waals surface area contributed by atoms with Gasteiger partial charge < -0.3 is 4.74 Å². The van der Waals surface area contributed by atoms with Crippen LogP contribution in [0.3, 0.4) is 0 Å². The number of esters is 1. The molecule has 0 aliphatic heterocycles. The van der Waals surface area contributed by atoms with Crippen LogP contribution in [0.15, 0.2) is 18.2 Å². The maximum Gasteiger partial charge on any atom is 0.416 e. The van der Waals surface area contributed by atoms with Crippen molar-refractivity contribution in [1.82, 2.24) is 4.90 Å². The number of likely N-dealkylation sites (N-methyl/N-ethyl adjacent to an activating group) is 1. The summed E-state index contributed by atoms with van der Waals surface area (Å²) in [4.78, 5) is 14.3. The summed E-state index contributed by atoms with van der Waals surface area (Å²) in [7, 11) is 1.64. The summed E-state index contributed by atoms with van der Waals surface area (Å²) >= 11 is 0. The SMILES string of the molecule is CCN(C)C(C)(CC(C)C)C(=O)Oc1cc(C(F)(F)F)cc(C(F)(F)F)c1. The maximum absolute atomic E-state index is 12.9. The number of carbonyl (C=O) groups is 1. The fourth-order valence-corrected chi connectivity index (χ4v) is 2.74. The Morgan fingerprint density at radius 3 is 1.81 bits per heavy atom. The minimum atomic E-state index is -5.01. The van der Waals surface area contributed by atoms with E-state index in [9.17, 15) is 31.1 Å². The molecule has 0 spiro atoms. The summed E-state index contributed by atoms with van der Waals surface area (Å²) in [6, 6.07) is 0.784. The van der Waals surface area contributed by atoms with E-state index in [1.807, 2.05) is 13.8 Å². The molecule has 0 saturated heterocycles. The summed E-state index contributed by atoms with van der Waals surface area (Å²) in [6.07, 6.45) is -9.70. The molecule has 1 atom stereocenters. The van der Waals surface area contributed by atoms with Crippen molar-refractivity contribution < 1.29 is 35.9 Å². The third-order valence-corrected chi connectivity index (χ3v) is 4.33. The molecule has 3 nitrogen and oxygen atoms in total. The topological polar surface area (TPSA) is 29.5 Å². The predicted octanol–water partition coefficient (Wildman–Crippen LogP) is 5.39. The van der Waals surface area contributed by atoms with Gasteiger partial charge in [-0.3, -0.25) is 4.90 Å². The van der Waals surface area contributed by atoms with Crippen molar-refractivity contribution in [3.8, 4) is 5.75 Å². The Hall–Kier alpha value is -1.77. The monoisotopic (exact) mass is 399 g/mol. The van der Waals surface area contributed by atoms with Crippen LogP contribution in [0.5, 0.6) is 5.75 Å². The summed E-state index contributed by atoms with van der Waals surface area (Å²) in [5.41, 5.74) is -4.26. The summed E-state index contributed by atoms with van der Waals surface area (Å²) in [6.45, 7) is 7.46. The maximum atomic E-state index is 12.9. The molecular formula is C18H23F6NO2. The van der Waals surface area contributed by atoms with Crippen LogP contribution in [0.2, 0.25) is 0 Å². The average molecular weight is 399 g/mol. The van der Waals surface area contributed by atoms with E-state index < -0.39 is 40.7 Å². The lowest BCUT2D eigenvalue weighted by Crippen LogP contribution is -2.53. The summed E-state index contributed by atoms with van der Waals surface area (Å²) in [5, 5.41) is 0. The zero-order valence-corrected chi connectivity index (χ0v) is 15.8. The molecule has 0 bridgehead atoms. The Bertz CT molecular complexity index is 637. The fraction of sp³-hybridized carbons (Fsp3) is 0.611. The van der Waals surface area contributed by atoms with Gasteiger partial charge in [0.15, 0.2) is 0 Å². The first-order valence-corrected chi connectivity index (χ1v) is 8.34. The summed E-state index contributed by atoms with van der Waals surface area (Å²) < 4.78 is 82.7. The van der Waals surface area contributed by atoms with E-state index in [4.69, 9.17) is 4.74 Å². The second-order valence-corrected chi connectivity index (χ2v) is 7.02. The lowest BCUT2D eigenvalue weighted by molar-refractivity contribution is -0.149. The molecule has 0 heterocycles. The van der Waals surface area contributed by atoms with E-state index in [1.54, 1.807) is 25.8 Å². The highest BCUT2D eigenvalue weighted by atomic mass is 19.4. The van der Waals surface area contributed by atoms with Crippen LogP contribution in [0.1, 0.15) is 45.2 Å². The molecule has 154 valence electrons. The second kappa shape index (κ2) is 8.08. The van der Waals surface area contributed by atoms with Crippen LogP contribution >= 0.6 is 0 Å². The first-order valence-electron chi connectivity index (χ1n) is 8.34. The van der Waals surface area contributed by atoms with Crippen molar-refractivity contribution in [3.63, 3.8) is 0 Å². The van der Waals surface area contributed by atoms with E-state index in [2.05, 4.69) is 0 Å². The normalized spacial score (nSPS) is 15.1. The third-order valence-electron chi connectivity index (χ3n) is 4.33. The van der Waals surface area contributed by atoms with Gasteiger partial charge >= 0.3 is 18.3 Å². The molecule has 0 saturated carbocycles. The van der Waals surface area contributed by atoms with Crippen molar-refractivity contribution in [2.24, 2.45) is 5.92 Å². The molecule has 0 aliphatic carbocycles. The first kappa shape index (κ1) is 23.3. The number of ether oxygens (including phenoxy) is 1. The lowest BCUT2D eigenvalue weighted by Gasteiger charge is -2.37. The zero-order valence-electron chi connectivity index (χ0n) is 15.8. The Kier molecular flexibility index (Phi) is 6.96. The first-order chi connectivity index (χ1) is 12.1. The van der Waals surface area contributed by atoms with E-state index in [-0.39, 0.29) is 12.0 Å². The smallest absolute Gasteiger partial charge is 0.416 e. The van der Waals surface area contributed by atoms with Gasteiger partial charge in [-0.15, -0.1) is 0 Å². The van der Waals surface area contributed by atoms with Crippen molar-refractivity contribution in [2.45, 2.75) is 52.0 Å². The number of carbonyl (C=O) groups excluding carboxylic acids is 1. The van der Waals surface area contributed by atoms with Crippen LogP contribution < -0.4 is 4.74 Å². The van der Waals surface area contributed by atoms with Gasteiger partial charge in [0.25, 0.3) is 0 Å².